The first kappa shape index (κ1) is 24.6. The number of methoxy groups -OCH3 is 1. The number of nitrogens with two attached hydrogens (primary N) is 1. The van der Waals surface area contributed by atoms with Gasteiger partial charge in [0.15, 0.2) is 4.75 Å². The van der Waals surface area contributed by atoms with E-state index in [0.717, 1.165) is 5.70 Å². The van der Waals surface area contributed by atoms with Crippen LogP contribution in [0.15, 0.2) is 36.1 Å². The molecule has 2 heterocycles. The average molecular weight is 441 g/mol. The molecule has 0 saturated carbocycles. The Morgan fingerprint density at radius 3 is 2.17 bits per heavy atom. The fourth-order valence-corrected chi connectivity index (χ4v) is 6.07. The molecular formula is C21H36N4O4S. The molecule has 2 aliphatic rings. The zero-order valence-corrected chi connectivity index (χ0v) is 19.3. The van der Waals surface area contributed by atoms with Gasteiger partial charge in [0.25, 0.3) is 0 Å². The quantitative estimate of drug-likeness (QED) is 0.536. The Kier molecular flexibility index (Phi) is 8.66. The van der Waals surface area contributed by atoms with Crippen LogP contribution in [0, 0.1) is 0 Å². The number of amides is 1. The first-order chi connectivity index (χ1) is 14.2. The Balaban J connectivity index is 2.11. The third kappa shape index (κ3) is 5.32. The van der Waals surface area contributed by atoms with Crippen molar-refractivity contribution in [3.63, 3.8) is 0 Å². The number of hydrogen-bond acceptors (Lipinski definition) is 6. The lowest BCUT2D eigenvalue weighted by Gasteiger charge is -2.44. The SMILES string of the molecule is C=C/C(=C\C=C(C)C)N1CCN(S(=O)(=O)C2(C(N)=O)CCN(CCOC)CC2)CC1. The van der Waals surface area contributed by atoms with Gasteiger partial charge in [0, 0.05) is 58.6 Å². The van der Waals surface area contributed by atoms with E-state index in [9.17, 15) is 13.2 Å². The summed E-state index contributed by atoms with van der Waals surface area (Å²) >= 11 is 0. The van der Waals surface area contributed by atoms with Gasteiger partial charge < -0.3 is 20.3 Å². The van der Waals surface area contributed by atoms with E-state index in [0.29, 0.717) is 52.4 Å². The highest BCUT2D eigenvalue weighted by Gasteiger charge is 2.53. The van der Waals surface area contributed by atoms with Crippen LogP contribution in [-0.4, -0.2) is 92.7 Å². The number of ether oxygens (including phenoxy) is 1. The number of likely N-dealkylation sites (tertiary alicyclic amines) is 1. The highest BCUT2D eigenvalue weighted by molar-refractivity contribution is 7.91. The third-order valence-corrected chi connectivity index (χ3v) is 8.60. The van der Waals surface area contributed by atoms with Gasteiger partial charge in [0.2, 0.25) is 15.9 Å². The molecule has 0 aliphatic carbocycles. The van der Waals surface area contributed by atoms with Crippen molar-refractivity contribution in [3.05, 3.63) is 36.1 Å². The summed E-state index contributed by atoms with van der Waals surface area (Å²) in [7, 11) is -2.22. The number of carbonyl (C=O) groups is 1. The molecule has 0 aromatic carbocycles. The van der Waals surface area contributed by atoms with Crippen molar-refractivity contribution in [1.29, 1.82) is 0 Å². The number of sulfonamides is 1. The van der Waals surface area contributed by atoms with Crippen LogP contribution in [0.2, 0.25) is 0 Å². The van der Waals surface area contributed by atoms with Gasteiger partial charge in [0.1, 0.15) is 0 Å². The van der Waals surface area contributed by atoms with Gasteiger partial charge in [-0.2, -0.15) is 4.31 Å². The minimum Gasteiger partial charge on any atom is -0.383 e. The van der Waals surface area contributed by atoms with Crippen LogP contribution in [0.4, 0.5) is 0 Å². The van der Waals surface area contributed by atoms with Crippen molar-refractivity contribution >= 4 is 15.9 Å². The molecule has 2 rings (SSSR count). The molecule has 0 aromatic rings. The molecule has 8 nitrogen and oxygen atoms in total. The van der Waals surface area contributed by atoms with Gasteiger partial charge in [-0.05, 0) is 38.8 Å². The molecule has 0 atom stereocenters. The Hall–Kier alpha value is -1.68. The number of piperidine rings is 1. The van der Waals surface area contributed by atoms with E-state index in [-0.39, 0.29) is 12.8 Å². The smallest absolute Gasteiger partial charge is 0.240 e. The lowest BCUT2D eigenvalue weighted by molar-refractivity contribution is -0.121. The van der Waals surface area contributed by atoms with E-state index < -0.39 is 20.7 Å². The highest BCUT2D eigenvalue weighted by atomic mass is 32.2. The minimum atomic E-state index is -3.85. The van der Waals surface area contributed by atoms with Gasteiger partial charge in [-0.1, -0.05) is 18.2 Å². The fourth-order valence-electron chi connectivity index (χ4n) is 3.98. The second-order valence-corrected chi connectivity index (χ2v) is 10.4. The number of carbonyl (C=O) groups excluding carboxylic acids is 1. The normalized spacial score (nSPS) is 21.3. The van der Waals surface area contributed by atoms with Crippen molar-refractivity contribution in [3.8, 4) is 0 Å². The number of nitrogens with zero attached hydrogens (tertiary/aromatic N) is 3. The second-order valence-electron chi connectivity index (χ2n) is 8.12. The van der Waals surface area contributed by atoms with Gasteiger partial charge in [0.05, 0.1) is 6.61 Å². The van der Waals surface area contributed by atoms with E-state index in [4.69, 9.17) is 10.5 Å². The zero-order chi connectivity index (χ0) is 22.4. The summed E-state index contributed by atoms with van der Waals surface area (Å²) in [6.07, 6.45) is 6.22. The van der Waals surface area contributed by atoms with Gasteiger partial charge >= 0.3 is 0 Å². The number of allylic oxidation sites excluding steroid dienone is 4. The zero-order valence-electron chi connectivity index (χ0n) is 18.5. The van der Waals surface area contributed by atoms with Gasteiger partial charge in [-0.3, -0.25) is 4.79 Å². The van der Waals surface area contributed by atoms with E-state index in [2.05, 4.69) is 16.4 Å². The number of primary amides is 1. The molecule has 30 heavy (non-hydrogen) atoms. The largest absolute Gasteiger partial charge is 0.383 e. The number of hydrogen-bond donors (Lipinski definition) is 1. The molecule has 1 amide bonds. The van der Waals surface area contributed by atoms with Crippen molar-refractivity contribution in [2.45, 2.75) is 31.4 Å². The molecule has 170 valence electrons. The lowest BCUT2D eigenvalue weighted by atomic mass is 9.95. The summed E-state index contributed by atoms with van der Waals surface area (Å²) in [5, 5.41) is 0. The first-order valence-electron chi connectivity index (χ1n) is 10.4. The standard InChI is InChI=1S/C21H36N4O4S/c1-5-19(7-6-18(2)3)24-12-14-25(15-13-24)30(27,28)21(20(22)26)8-10-23(11-9-21)16-17-29-4/h5-7H,1,8-17H2,2-4H3,(H2,22,26)/b19-7+. The summed E-state index contributed by atoms with van der Waals surface area (Å²) in [5.74, 6) is -0.744. The first-order valence-corrected chi connectivity index (χ1v) is 11.9. The third-order valence-electron chi connectivity index (χ3n) is 5.96. The van der Waals surface area contributed by atoms with Crippen molar-refractivity contribution < 1.29 is 17.9 Å². The molecular weight excluding hydrogens is 404 g/mol. The lowest BCUT2D eigenvalue weighted by Crippen LogP contribution is -2.63. The van der Waals surface area contributed by atoms with Crippen molar-refractivity contribution in [2.75, 3.05) is 59.5 Å². The summed E-state index contributed by atoms with van der Waals surface area (Å²) in [5.41, 5.74) is 7.82. The van der Waals surface area contributed by atoms with Crippen LogP contribution in [-0.2, 0) is 19.6 Å². The van der Waals surface area contributed by atoms with Crippen LogP contribution in [0.3, 0.4) is 0 Å². The van der Waals surface area contributed by atoms with E-state index >= 15 is 0 Å². The second kappa shape index (κ2) is 10.6. The molecule has 2 aliphatic heterocycles. The maximum absolute atomic E-state index is 13.5. The molecule has 2 fully saturated rings. The van der Waals surface area contributed by atoms with Gasteiger partial charge in [-0.25, -0.2) is 8.42 Å². The topological polar surface area (TPSA) is 96.2 Å². The fraction of sp³-hybridized carbons (Fsp3) is 0.667. The van der Waals surface area contributed by atoms with Crippen LogP contribution >= 0.6 is 0 Å². The van der Waals surface area contributed by atoms with Gasteiger partial charge in [-0.15, -0.1) is 0 Å². The maximum Gasteiger partial charge on any atom is 0.240 e. The predicted molar refractivity (Wildman–Crippen MR) is 119 cm³/mol. The monoisotopic (exact) mass is 440 g/mol. The Morgan fingerprint density at radius 2 is 1.70 bits per heavy atom. The molecule has 0 bridgehead atoms. The van der Waals surface area contributed by atoms with Crippen LogP contribution in [0.25, 0.3) is 0 Å². The molecule has 0 spiro atoms. The summed E-state index contributed by atoms with van der Waals surface area (Å²) in [6, 6.07) is 0. The van der Waals surface area contributed by atoms with E-state index in [1.165, 1.54) is 9.88 Å². The van der Waals surface area contributed by atoms with E-state index in [1.54, 1.807) is 13.2 Å². The van der Waals surface area contributed by atoms with Crippen molar-refractivity contribution in [1.82, 2.24) is 14.1 Å². The average Bonchev–Trinajstić information content (AvgIpc) is 2.73. The van der Waals surface area contributed by atoms with Crippen molar-refractivity contribution in [2.24, 2.45) is 5.73 Å². The molecule has 0 aromatic heterocycles. The Morgan fingerprint density at radius 1 is 1.10 bits per heavy atom. The Bertz CT molecular complexity index is 771. The summed E-state index contributed by atoms with van der Waals surface area (Å²) in [4.78, 5) is 16.6. The molecule has 2 saturated heterocycles. The maximum atomic E-state index is 13.5. The predicted octanol–water partition coefficient (Wildman–Crippen LogP) is 0.936. The molecule has 0 radical (unpaired) electrons. The highest BCUT2D eigenvalue weighted by Crippen LogP contribution is 2.34. The molecule has 0 unspecified atom stereocenters. The van der Waals surface area contributed by atoms with Crippen LogP contribution in [0.5, 0.6) is 0 Å². The summed E-state index contributed by atoms with van der Waals surface area (Å²) < 4.78 is 32.0. The minimum absolute atomic E-state index is 0.215. The summed E-state index contributed by atoms with van der Waals surface area (Å²) in [6.45, 7) is 12.0. The molecule has 2 N–H and O–H groups in total. The van der Waals surface area contributed by atoms with E-state index in [1.807, 2.05) is 26.0 Å². The van der Waals surface area contributed by atoms with Crippen LogP contribution in [0.1, 0.15) is 26.7 Å². The number of piperazine rings is 1. The molecule has 9 heteroatoms. The number of rotatable bonds is 9. The van der Waals surface area contributed by atoms with Crippen LogP contribution < -0.4 is 5.73 Å². The Labute approximate surface area is 181 Å².